The molecule has 0 amide bonds. The average molecular weight is 244 g/mol. The molecule has 0 aliphatic heterocycles. The summed E-state index contributed by atoms with van der Waals surface area (Å²) in [6.45, 7) is 2.30. The predicted molar refractivity (Wildman–Crippen MR) is 57.3 cm³/mol. The van der Waals surface area contributed by atoms with Crippen LogP contribution in [0.4, 0.5) is 0 Å². The van der Waals surface area contributed by atoms with Crippen LogP contribution in [0.1, 0.15) is 6.92 Å². The van der Waals surface area contributed by atoms with Crippen molar-refractivity contribution < 1.29 is 22.0 Å². The van der Waals surface area contributed by atoms with Crippen molar-refractivity contribution in [3.05, 3.63) is 0 Å². The van der Waals surface area contributed by atoms with Crippen molar-refractivity contribution >= 4 is 16.7 Å². The van der Waals surface area contributed by atoms with Gasteiger partial charge in [0.05, 0.1) is 26.9 Å². The van der Waals surface area contributed by atoms with E-state index in [0.717, 1.165) is 0 Å². The van der Waals surface area contributed by atoms with E-state index in [4.69, 9.17) is 4.52 Å². The van der Waals surface area contributed by atoms with E-state index in [2.05, 4.69) is 0 Å². The van der Waals surface area contributed by atoms with Crippen molar-refractivity contribution in [3.63, 3.8) is 0 Å². The molecule has 14 heavy (non-hydrogen) atoms. The van der Waals surface area contributed by atoms with Crippen LogP contribution in [0.3, 0.4) is 0 Å². The van der Waals surface area contributed by atoms with Gasteiger partial charge < -0.3 is 9.01 Å². The molecule has 0 aromatic rings. The molecule has 7 heteroatoms. The molecule has 0 aromatic heterocycles. The van der Waals surface area contributed by atoms with Crippen LogP contribution in [-0.2, 0) is 18.5 Å². The second-order valence-corrected chi connectivity index (χ2v) is 9.48. The summed E-state index contributed by atoms with van der Waals surface area (Å²) < 4.78 is 38.7. The van der Waals surface area contributed by atoms with Gasteiger partial charge in [-0.2, -0.15) is 0 Å². The summed E-state index contributed by atoms with van der Waals surface area (Å²) in [6, 6.07) is 0. The van der Waals surface area contributed by atoms with Crippen LogP contribution in [-0.4, -0.2) is 52.9 Å². The number of nitrogens with zero attached hydrogens (tertiary/aromatic N) is 1. The summed E-state index contributed by atoms with van der Waals surface area (Å²) in [6.07, 6.45) is 0. The summed E-state index contributed by atoms with van der Waals surface area (Å²) in [5.74, 6) is -0.130. The second-order valence-electron chi connectivity index (χ2n) is 4.02. The summed E-state index contributed by atoms with van der Waals surface area (Å²) >= 11 is 0. The first-order valence-electron chi connectivity index (χ1n) is 4.39. The number of hydrogen-bond acceptors (Lipinski definition) is 4. The Morgan fingerprint density at radius 2 is 1.79 bits per heavy atom. The van der Waals surface area contributed by atoms with Gasteiger partial charge >= 0.3 is 7.23 Å². The van der Waals surface area contributed by atoms with Crippen LogP contribution in [0.15, 0.2) is 0 Å². The van der Waals surface area contributed by atoms with E-state index in [1.54, 1.807) is 0 Å². The third kappa shape index (κ3) is 5.75. The van der Waals surface area contributed by atoms with Crippen molar-refractivity contribution in [1.29, 1.82) is 0 Å². The van der Waals surface area contributed by atoms with E-state index in [-0.39, 0.29) is 12.4 Å². The van der Waals surface area contributed by atoms with Crippen LogP contribution in [0, 0.1) is 0 Å². The van der Waals surface area contributed by atoms with E-state index >= 15 is 0 Å². The lowest BCUT2D eigenvalue weighted by atomic mass is 10.5. The quantitative estimate of drug-likeness (QED) is 0.505. The summed E-state index contributed by atoms with van der Waals surface area (Å²) in [4.78, 5) is 0. The van der Waals surface area contributed by atoms with Gasteiger partial charge in [-0.25, -0.2) is 8.42 Å². The van der Waals surface area contributed by atoms with Gasteiger partial charge in [0, 0.05) is 0 Å². The van der Waals surface area contributed by atoms with E-state index < -0.39 is 16.7 Å². The lowest BCUT2D eigenvalue weighted by molar-refractivity contribution is -0.870. The molecule has 0 saturated heterocycles. The molecule has 5 nitrogen and oxygen atoms in total. The number of likely N-dealkylation sites (N-methyl/N-ethyl adjacent to an activating group) is 1. The maximum Gasteiger partial charge on any atom is 0.302 e. The SMILES string of the molecule is CCS(=O)(=O)[PH](=O)OCC[N+](C)(C)C. The highest BCUT2D eigenvalue weighted by atomic mass is 32.8. The normalized spacial score (nSPS) is 15.4. The minimum Gasteiger partial charge on any atom is -0.329 e. The van der Waals surface area contributed by atoms with Gasteiger partial charge in [-0.3, -0.25) is 4.57 Å². The Hall–Kier alpha value is 0.1000. The van der Waals surface area contributed by atoms with Gasteiger partial charge in [-0.05, 0) is 0 Å². The van der Waals surface area contributed by atoms with Crippen molar-refractivity contribution in [2.45, 2.75) is 6.92 Å². The lowest BCUT2D eigenvalue weighted by Gasteiger charge is -2.23. The van der Waals surface area contributed by atoms with Gasteiger partial charge in [-0.15, -0.1) is 0 Å². The minimum absolute atomic E-state index is 0.130. The van der Waals surface area contributed by atoms with Gasteiger partial charge in [0.15, 0.2) is 0 Å². The fourth-order valence-corrected chi connectivity index (χ4v) is 2.78. The molecular weight excluding hydrogens is 225 g/mol. The van der Waals surface area contributed by atoms with Crippen LogP contribution < -0.4 is 0 Å². The second kappa shape index (κ2) is 5.26. The zero-order valence-electron chi connectivity index (χ0n) is 9.11. The summed E-state index contributed by atoms with van der Waals surface area (Å²) in [7, 11) is -0.566. The van der Waals surface area contributed by atoms with Crippen molar-refractivity contribution in [1.82, 2.24) is 0 Å². The number of rotatable bonds is 6. The van der Waals surface area contributed by atoms with Crippen LogP contribution in [0.5, 0.6) is 0 Å². The molecule has 1 atom stereocenters. The van der Waals surface area contributed by atoms with Crippen molar-refractivity contribution in [3.8, 4) is 0 Å². The van der Waals surface area contributed by atoms with Gasteiger partial charge in [0.25, 0.3) is 0 Å². The van der Waals surface area contributed by atoms with Crippen molar-refractivity contribution in [2.75, 3.05) is 40.0 Å². The fourth-order valence-electron chi connectivity index (χ4n) is 0.610. The monoisotopic (exact) mass is 244 g/mol. The lowest BCUT2D eigenvalue weighted by Crippen LogP contribution is -2.37. The smallest absolute Gasteiger partial charge is 0.302 e. The fraction of sp³-hybridized carbons (Fsp3) is 1.00. The summed E-state index contributed by atoms with van der Waals surface area (Å²) in [5.41, 5.74) is 0. The topological polar surface area (TPSA) is 60.4 Å². The van der Waals surface area contributed by atoms with Crippen LogP contribution in [0.25, 0.3) is 0 Å². The molecule has 0 radical (unpaired) electrons. The average Bonchev–Trinajstić information content (AvgIpc) is 2.02. The first-order chi connectivity index (χ1) is 6.19. The molecule has 0 aromatic carbocycles. The van der Waals surface area contributed by atoms with E-state index in [9.17, 15) is 13.0 Å². The first-order valence-corrected chi connectivity index (χ1v) is 8.08. The van der Waals surface area contributed by atoms with E-state index in [1.165, 1.54) is 6.92 Å². The Labute approximate surface area is 86.2 Å². The molecule has 0 fully saturated rings. The number of hydrogen-bond donors (Lipinski definition) is 0. The largest absolute Gasteiger partial charge is 0.329 e. The third-order valence-electron chi connectivity index (χ3n) is 1.62. The molecule has 0 bridgehead atoms. The molecule has 0 N–H and O–H groups in total. The highest BCUT2D eigenvalue weighted by Crippen LogP contribution is 2.31. The Morgan fingerprint density at radius 1 is 1.29 bits per heavy atom. The molecule has 86 valence electrons. The molecule has 0 spiro atoms. The molecular formula is C7H19NO4PS+. The molecule has 0 aliphatic carbocycles. The Bertz CT molecular complexity index is 293. The first kappa shape index (κ1) is 14.1. The van der Waals surface area contributed by atoms with Gasteiger partial charge in [0.2, 0.25) is 9.46 Å². The maximum absolute atomic E-state index is 11.1. The van der Waals surface area contributed by atoms with Gasteiger partial charge in [-0.1, -0.05) is 6.92 Å². The van der Waals surface area contributed by atoms with Crippen molar-refractivity contribution in [2.24, 2.45) is 0 Å². The molecule has 0 saturated carbocycles. The molecule has 1 unspecified atom stereocenters. The molecule has 0 rings (SSSR count). The summed E-state index contributed by atoms with van der Waals surface area (Å²) in [5, 5.41) is 0. The Balaban J connectivity index is 4.00. The third-order valence-corrected chi connectivity index (χ3v) is 6.07. The molecule has 0 aliphatic rings. The molecule has 0 heterocycles. The standard InChI is InChI=1S/C7H19NO4PS/c1-5-14(10,11)13(9)12-7-6-8(2,3)4/h13H,5-7H2,1-4H3/q+1. The highest BCUT2D eigenvalue weighted by molar-refractivity contribution is 8.44. The Kier molecular flexibility index (Phi) is 5.30. The van der Waals surface area contributed by atoms with Crippen LogP contribution >= 0.6 is 7.23 Å². The zero-order valence-corrected chi connectivity index (χ0v) is 10.9. The van der Waals surface area contributed by atoms with Crippen LogP contribution in [0.2, 0.25) is 0 Å². The van der Waals surface area contributed by atoms with E-state index in [0.29, 0.717) is 11.0 Å². The predicted octanol–water partition coefficient (Wildman–Crippen LogP) is 0.534. The minimum atomic E-state index is -3.50. The Morgan fingerprint density at radius 3 is 2.14 bits per heavy atom. The van der Waals surface area contributed by atoms with Gasteiger partial charge in [0.1, 0.15) is 13.2 Å². The van der Waals surface area contributed by atoms with E-state index in [1.807, 2.05) is 21.1 Å². The zero-order chi connectivity index (χ0) is 11.4. The highest BCUT2D eigenvalue weighted by Gasteiger charge is 2.18. The maximum atomic E-state index is 11.1. The number of quaternary nitrogens is 1.